The summed E-state index contributed by atoms with van der Waals surface area (Å²) in [5.41, 5.74) is 1.76. The first-order valence-corrected chi connectivity index (χ1v) is 7.94. The number of carbonyl (C=O) groups is 1. The van der Waals surface area contributed by atoms with Gasteiger partial charge >= 0.3 is 0 Å². The second-order valence-corrected chi connectivity index (χ2v) is 6.80. The van der Waals surface area contributed by atoms with E-state index < -0.39 is 6.10 Å². The number of hydrogen-bond acceptors (Lipinski definition) is 3. The van der Waals surface area contributed by atoms with E-state index in [9.17, 15) is 9.90 Å². The maximum absolute atomic E-state index is 12.2. The molecule has 1 aromatic rings. The molecule has 2 rings (SSSR count). The van der Waals surface area contributed by atoms with Crippen molar-refractivity contribution in [2.24, 2.45) is 11.8 Å². The molecule has 2 N–H and O–H groups in total. The molecule has 0 bridgehead atoms. The molecular weight excluding hydrogens is 266 g/mol. The van der Waals surface area contributed by atoms with Gasteiger partial charge in [-0.2, -0.15) is 5.10 Å². The van der Waals surface area contributed by atoms with Crippen LogP contribution in [0.25, 0.3) is 0 Å². The number of amides is 1. The highest BCUT2D eigenvalue weighted by Gasteiger charge is 2.31. The van der Waals surface area contributed by atoms with E-state index in [2.05, 4.69) is 38.1 Å². The summed E-state index contributed by atoms with van der Waals surface area (Å²) in [6, 6.07) is 0. The van der Waals surface area contributed by atoms with Crippen LogP contribution >= 0.6 is 0 Å². The van der Waals surface area contributed by atoms with Gasteiger partial charge in [-0.15, -0.1) is 0 Å². The molecular formula is C16H27N3O2. The van der Waals surface area contributed by atoms with Crippen LogP contribution in [0.4, 0.5) is 5.69 Å². The summed E-state index contributed by atoms with van der Waals surface area (Å²) in [7, 11) is 0. The molecule has 118 valence electrons. The molecule has 0 saturated heterocycles. The quantitative estimate of drug-likeness (QED) is 0.847. The number of nitrogens with zero attached hydrogens (tertiary/aromatic N) is 2. The Labute approximate surface area is 126 Å². The van der Waals surface area contributed by atoms with Crippen molar-refractivity contribution in [3.05, 3.63) is 11.9 Å². The molecule has 1 fully saturated rings. The number of hydrogen-bond donors (Lipinski definition) is 2. The van der Waals surface area contributed by atoms with Gasteiger partial charge < -0.3 is 10.4 Å². The molecule has 1 atom stereocenters. The smallest absolute Gasteiger partial charge is 0.253 e. The van der Waals surface area contributed by atoms with Crippen LogP contribution in [-0.4, -0.2) is 26.9 Å². The summed E-state index contributed by atoms with van der Waals surface area (Å²) in [5.74, 6) is 0.581. The Kier molecular flexibility index (Phi) is 5.04. The standard InChI is InChI=1S/C16H27N3O2/c1-10(2)9-19-14(11(3)4)13(8-17-19)18-16(21)15(20)12-6-5-7-12/h8,10-12,15,20H,5-7,9H2,1-4H3,(H,18,21). The van der Waals surface area contributed by atoms with Gasteiger partial charge in [0, 0.05) is 6.54 Å². The lowest BCUT2D eigenvalue weighted by molar-refractivity contribution is -0.128. The summed E-state index contributed by atoms with van der Waals surface area (Å²) < 4.78 is 1.96. The van der Waals surface area contributed by atoms with Crippen molar-refractivity contribution in [1.82, 2.24) is 9.78 Å². The Morgan fingerprint density at radius 2 is 2.10 bits per heavy atom. The average molecular weight is 293 g/mol. The van der Waals surface area contributed by atoms with E-state index in [1.165, 1.54) is 0 Å². The molecule has 1 heterocycles. The molecule has 1 amide bonds. The van der Waals surface area contributed by atoms with Gasteiger partial charge in [0.25, 0.3) is 5.91 Å². The van der Waals surface area contributed by atoms with Crippen LogP contribution in [0.3, 0.4) is 0 Å². The lowest BCUT2D eigenvalue weighted by Gasteiger charge is -2.29. The van der Waals surface area contributed by atoms with Crippen LogP contribution < -0.4 is 5.32 Å². The van der Waals surface area contributed by atoms with E-state index in [-0.39, 0.29) is 17.7 Å². The fraction of sp³-hybridized carbons (Fsp3) is 0.750. The molecule has 0 aromatic carbocycles. The summed E-state index contributed by atoms with van der Waals surface area (Å²) in [6.07, 6.45) is 3.80. The zero-order chi connectivity index (χ0) is 15.6. The van der Waals surface area contributed by atoms with Crippen molar-refractivity contribution >= 4 is 11.6 Å². The van der Waals surface area contributed by atoms with Crippen LogP contribution in [0.5, 0.6) is 0 Å². The number of nitrogens with one attached hydrogen (secondary N) is 1. The fourth-order valence-electron chi connectivity index (χ4n) is 2.77. The van der Waals surface area contributed by atoms with Gasteiger partial charge in [-0.1, -0.05) is 34.1 Å². The minimum atomic E-state index is -0.896. The number of aliphatic hydroxyl groups is 1. The first kappa shape index (κ1) is 16.0. The molecule has 1 unspecified atom stereocenters. The Hall–Kier alpha value is -1.36. The normalized spacial score (nSPS) is 17.1. The first-order chi connectivity index (χ1) is 9.90. The van der Waals surface area contributed by atoms with Crippen LogP contribution in [0.1, 0.15) is 58.6 Å². The van der Waals surface area contributed by atoms with Crippen LogP contribution in [0, 0.1) is 11.8 Å². The second-order valence-electron chi connectivity index (χ2n) is 6.80. The average Bonchev–Trinajstić information content (AvgIpc) is 2.68. The first-order valence-electron chi connectivity index (χ1n) is 7.94. The van der Waals surface area contributed by atoms with E-state index in [4.69, 9.17) is 0 Å². The van der Waals surface area contributed by atoms with Crippen LogP contribution in [0.15, 0.2) is 6.20 Å². The molecule has 1 aromatic heterocycles. The summed E-state index contributed by atoms with van der Waals surface area (Å²) >= 11 is 0. The highest BCUT2D eigenvalue weighted by molar-refractivity contribution is 5.94. The molecule has 5 heteroatoms. The lowest BCUT2D eigenvalue weighted by atomic mass is 9.81. The maximum atomic E-state index is 12.2. The Morgan fingerprint density at radius 1 is 1.43 bits per heavy atom. The molecule has 1 saturated carbocycles. The van der Waals surface area contributed by atoms with E-state index >= 15 is 0 Å². The highest BCUT2D eigenvalue weighted by Crippen LogP contribution is 2.31. The second kappa shape index (κ2) is 6.60. The third kappa shape index (κ3) is 3.64. The molecule has 5 nitrogen and oxygen atoms in total. The van der Waals surface area contributed by atoms with Gasteiger partial charge in [-0.05, 0) is 30.6 Å². The monoisotopic (exact) mass is 293 g/mol. The topological polar surface area (TPSA) is 67.2 Å². The van der Waals surface area contributed by atoms with Crippen molar-refractivity contribution in [2.45, 2.75) is 65.5 Å². The molecule has 1 aliphatic rings. The van der Waals surface area contributed by atoms with E-state index in [1.54, 1.807) is 6.20 Å². The number of aliphatic hydroxyl groups excluding tert-OH is 1. The number of rotatable bonds is 6. The van der Waals surface area contributed by atoms with Gasteiger partial charge in [-0.3, -0.25) is 9.48 Å². The summed E-state index contributed by atoms with van der Waals surface area (Å²) in [6.45, 7) is 9.29. The van der Waals surface area contributed by atoms with Crippen molar-refractivity contribution in [2.75, 3.05) is 5.32 Å². The molecule has 21 heavy (non-hydrogen) atoms. The molecule has 1 aliphatic carbocycles. The van der Waals surface area contributed by atoms with Crippen molar-refractivity contribution in [3.63, 3.8) is 0 Å². The van der Waals surface area contributed by atoms with Gasteiger partial charge in [0.2, 0.25) is 0 Å². The number of aromatic nitrogens is 2. The van der Waals surface area contributed by atoms with Crippen molar-refractivity contribution in [1.29, 1.82) is 0 Å². The van der Waals surface area contributed by atoms with Gasteiger partial charge in [0.05, 0.1) is 17.6 Å². The summed E-state index contributed by atoms with van der Waals surface area (Å²) in [4.78, 5) is 12.2. The zero-order valence-corrected chi connectivity index (χ0v) is 13.5. The predicted molar refractivity (Wildman–Crippen MR) is 83.1 cm³/mol. The van der Waals surface area contributed by atoms with E-state index in [1.807, 2.05) is 4.68 Å². The van der Waals surface area contributed by atoms with Gasteiger partial charge in [0.15, 0.2) is 0 Å². The SMILES string of the molecule is CC(C)Cn1ncc(NC(=O)C(O)C2CCC2)c1C(C)C. The third-order valence-electron chi connectivity index (χ3n) is 4.09. The minimum absolute atomic E-state index is 0.123. The van der Waals surface area contributed by atoms with Gasteiger partial charge in [0.1, 0.15) is 6.10 Å². The molecule has 0 aliphatic heterocycles. The lowest BCUT2D eigenvalue weighted by Crippen LogP contribution is -2.37. The Balaban J connectivity index is 2.11. The molecule has 0 radical (unpaired) electrons. The highest BCUT2D eigenvalue weighted by atomic mass is 16.3. The third-order valence-corrected chi connectivity index (χ3v) is 4.09. The minimum Gasteiger partial charge on any atom is -0.383 e. The largest absolute Gasteiger partial charge is 0.383 e. The maximum Gasteiger partial charge on any atom is 0.253 e. The molecule has 0 spiro atoms. The van der Waals surface area contributed by atoms with Gasteiger partial charge in [-0.25, -0.2) is 0 Å². The van der Waals surface area contributed by atoms with Crippen molar-refractivity contribution in [3.8, 4) is 0 Å². The van der Waals surface area contributed by atoms with E-state index in [0.29, 0.717) is 5.92 Å². The summed E-state index contributed by atoms with van der Waals surface area (Å²) in [5, 5.41) is 17.3. The van der Waals surface area contributed by atoms with Crippen LogP contribution in [-0.2, 0) is 11.3 Å². The predicted octanol–water partition coefficient (Wildman–Crippen LogP) is 2.76. The van der Waals surface area contributed by atoms with Crippen LogP contribution in [0.2, 0.25) is 0 Å². The van der Waals surface area contributed by atoms with Crippen molar-refractivity contribution < 1.29 is 9.90 Å². The fourth-order valence-corrected chi connectivity index (χ4v) is 2.77. The van der Waals surface area contributed by atoms with E-state index in [0.717, 1.165) is 37.2 Å². The Bertz CT molecular complexity index is 490. The Morgan fingerprint density at radius 3 is 2.57 bits per heavy atom. The number of anilines is 1. The zero-order valence-electron chi connectivity index (χ0n) is 13.5. The number of carbonyl (C=O) groups excluding carboxylic acids is 1.